The van der Waals surface area contributed by atoms with E-state index in [1.807, 2.05) is 6.08 Å². The minimum Gasteiger partial charge on any atom is -0.299 e. The molecule has 0 aromatic heterocycles. The predicted octanol–water partition coefficient (Wildman–Crippen LogP) is 8.32. The van der Waals surface area contributed by atoms with Gasteiger partial charge in [0.2, 0.25) is 0 Å². The Kier molecular flexibility index (Phi) is 4.78. The zero-order valence-corrected chi connectivity index (χ0v) is 18.5. The quantitative estimate of drug-likeness (QED) is 0.212. The van der Waals surface area contributed by atoms with Crippen LogP contribution in [0, 0.1) is 10.8 Å². The molecule has 160 valence electrons. The fraction of sp³-hybridized carbons (Fsp3) is 0. The first kappa shape index (κ1) is 20.1. The summed E-state index contributed by atoms with van der Waals surface area (Å²) >= 11 is 0. The summed E-state index contributed by atoms with van der Waals surface area (Å²) in [4.78, 5) is 0. The molecule has 0 bridgehead atoms. The van der Waals surface area contributed by atoms with E-state index in [0.717, 1.165) is 11.1 Å². The van der Waals surface area contributed by atoms with Crippen LogP contribution in [0.15, 0.2) is 121 Å². The average molecular weight is 435 g/mol. The second-order valence-corrected chi connectivity index (χ2v) is 8.55. The van der Waals surface area contributed by atoms with Crippen LogP contribution in [0.25, 0.3) is 49.4 Å². The first-order chi connectivity index (χ1) is 16.7. The van der Waals surface area contributed by atoms with Gasteiger partial charge < -0.3 is 0 Å². The van der Waals surface area contributed by atoms with Crippen LogP contribution in [-0.4, -0.2) is 11.4 Å². The van der Waals surface area contributed by atoms with Gasteiger partial charge in [-0.1, -0.05) is 103 Å². The summed E-state index contributed by atoms with van der Waals surface area (Å²) in [5.74, 6) is 0. The monoisotopic (exact) mass is 434 g/mol. The second-order valence-electron chi connectivity index (χ2n) is 8.55. The van der Waals surface area contributed by atoms with Gasteiger partial charge in [0.15, 0.2) is 0 Å². The lowest BCUT2D eigenvalue weighted by molar-refractivity contribution is 1.49. The topological polar surface area (TPSA) is 47.7 Å². The third kappa shape index (κ3) is 3.28. The molecule has 1 aliphatic carbocycles. The van der Waals surface area contributed by atoms with Gasteiger partial charge in [-0.2, -0.15) is 0 Å². The molecule has 0 spiro atoms. The van der Waals surface area contributed by atoms with Gasteiger partial charge in [0.05, 0.1) is 11.4 Å². The van der Waals surface area contributed by atoms with Crippen LogP contribution in [-0.2, 0) is 0 Å². The van der Waals surface area contributed by atoms with Crippen molar-refractivity contribution >= 4 is 38.5 Å². The Bertz CT molecular complexity index is 1660. The number of benzene rings is 5. The molecule has 0 saturated heterocycles. The van der Waals surface area contributed by atoms with Crippen molar-refractivity contribution in [1.82, 2.24) is 0 Å². The lowest BCUT2D eigenvalue weighted by atomic mass is 9.84. The molecule has 6 rings (SSSR count). The second kappa shape index (κ2) is 8.09. The molecule has 0 heterocycles. The summed E-state index contributed by atoms with van der Waals surface area (Å²) in [5, 5.41) is 20.8. The minimum absolute atomic E-state index is 0.240. The van der Waals surface area contributed by atoms with Crippen molar-refractivity contribution in [2.24, 2.45) is 0 Å². The molecule has 2 heteroatoms. The van der Waals surface area contributed by atoms with Crippen LogP contribution in [0.1, 0.15) is 5.56 Å². The maximum Gasteiger partial charge on any atom is 0.0795 e. The molecule has 0 amide bonds. The number of allylic oxidation sites excluding steroid dienone is 4. The Morgan fingerprint density at radius 1 is 0.412 bits per heavy atom. The Morgan fingerprint density at radius 2 is 0.941 bits per heavy atom. The Hall–Kier alpha value is -4.56. The van der Waals surface area contributed by atoms with E-state index in [4.69, 9.17) is 10.8 Å². The van der Waals surface area contributed by atoms with Gasteiger partial charge in [-0.05, 0) is 73.2 Å². The first-order valence-electron chi connectivity index (χ1n) is 11.4. The van der Waals surface area contributed by atoms with Crippen LogP contribution in [0.3, 0.4) is 0 Å². The fourth-order valence-corrected chi connectivity index (χ4v) is 4.91. The highest BCUT2D eigenvalue weighted by atomic mass is 14.5. The van der Waals surface area contributed by atoms with Crippen molar-refractivity contribution < 1.29 is 0 Å². The Labute approximate surface area is 198 Å². The Morgan fingerprint density at radius 3 is 1.53 bits per heavy atom. The third-order valence-corrected chi connectivity index (χ3v) is 6.50. The van der Waals surface area contributed by atoms with Crippen molar-refractivity contribution in [3.05, 3.63) is 127 Å². The average Bonchev–Trinajstić information content (AvgIpc) is 2.89. The van der Waals surface area contributed by atoms with E-state index >= 15 is 0 Å². The molecular formula is C32H22N2. The van der Waals surface area contributed by atoms with Gasteiger partial charge in [-0.15, -0.1) is 0 Å². The molecule has 0 atom stereocenters. The van der Waals surface area contributed by atoms with Crippen molar-refractivity contribution in [2.75, 3.05) is 0 Å². The smallest absolute Gasteiger partial charge is 0.0795 e. The van der Waals surface area contributed by atoms with Gasteiger partial charge in [0, 0.05) is 0 Å². The molecule has 0 radical (unpaired) electrons. The fourth-order valence-electron chi connectivity index (χ4n) is 4.91. The zero-order valence-electron chi connectivity index (χ0n) is 18.5. The molecule has 0 saturated carbocycles. The molecule has 1 aliphatic rings. The van der Waals surface area contributed by atoms with E-state index in [2.05, 4.69) is 103 Å². The number of rotatable bonds is 3. The summed E-state index contributed by atoms with van der Waals surface area (Å²) in [6.07, 6.45) is 5.42. The first-order valence-corrected chi connectivity index (χ1v) is 11.4. The summed E-state index contributed by atoms with van der Waals surface area (Å²) in [7, 11) is 0. The molecule has 0 aliphatic heterocycles. The van der Waals surface area contributed by atoms with E-state index in [1.165, 1.54) is 43.8 Å². The molecule has 0 fully saturated rings. The summed E-state index contributed by atoms with van der Waals surface area (Å²) in [6, 6.07) is 36.4. The SMILES string of the molecule is N=C1C=CC(c2ccc3c(-c4ccccc4)c4ccccc4c(-c4ccccc4)c3c2)=CC1=N. The maximum absolute atomic E-state index is 8.12. The normalized spacial score (nSPS) is 13.5. The van der Waals surface area contributed by atoms with Crippen LogP contribution in [0.4, 0.5) is 0 Å². The highest BCUT2D eigenvalue weighted by Gasteiger charge is 2.18. The molecule has 5 aromatic rings. The molecule has 5 aromatic carbocycles. The molecule has 2 N–H and O–H groups in total. The molecule has 34 heavy (non-hydrogen) atoms. The van der Waals surface area contributed by atoms with Crippen LogP contribution in [0.2, 0.25) is 0 Å². The lowest BCUT2D eigenvalue weighted by Crippen LogP contribution is -2.09. The number of fused-ring (bicyclic) bond motifs is 2. The number of hydrogen-bond acceptors (Lipinski definition) is 2. The molecular weight excluding hydrogens is 412 g/mol. The van der Waals surface area contributed by atoms with E-state index < -0.39 is 0 Å². The maximum atomic E-state index is 8.12. The van der Waals surface area contributed by atoms with Crippen LogP contribution < -0.4 is 0 Å². The van der Waals surface area contributed by atoms with Gasteiger partial charge >= 0.3 is 0 Å². The van der Waals surface area contributed by atoms with Gasteiger partial charge in [-0.25, -0.2) is 0 Å². The highest BCUT2D eigenvalue weighted by molar-refractivity contribution is 6.50. The van der Waals surface area contributed by atoms with E-state index in [0.29, 0.717) is 0 Å². The van der Waals surface area contributed by atoms with Crippen molar-refractivity contribution in [1.29, 1.82) is 10.8 Å². The number of hydrogen-bond donors (Lipinski definition) is 2. The van der Waals surface area contributed by atoms with Crippen LogP contribution in [0.5, 0.6) is 0 Å². The third-order valence-electron chi connectivity index (χ3n) is 6.50. The van der Waals surface area contributed by atoms with E-state index in [-0.39, 0.29) is 11.4 Å². The largest absolute Gasteiger partial charge is 0.299 e. The van der Waals surface area contributed by atoms with E-state index in [1.54, 1.807) is 12.2 Å². The van der Waals surface area contributed by atoms with Gasteiger partial charge in [0.25, 0.3) is 0 Å². The van der Waals surface area contributed by atoms with Crippen molar-refractivity contribution in [2.45, 2.75) is 0 Å². The van der Waals surface area contributed by atoms with Gasteiger partial charge in [-0.3, -0.25) is 10.8 Å². The summed E-state index contributed by atoms with van der Waals surface area (Å²) in [6.45, 7) is 0. The predicted molar refractivity (Wildman–Crippen MR) is 145 cm³/mol. The Balaban J connectivity index is 1.75. The number of nitrogens with one attached hydrogen (secondary N) is 2. The van der Waals surface area contributed by atoms with Gasteiger partial charge in [0.1, 0.15) is 0 Å². The summed E-state index contributed by atoms with van der Waals surface area (Å²) in [5.41, 5.74) is 7.32. The van der Waals surface area contributed by atoms with Crippen LogP contribution >= 0.6 is 0 Å². The van der Waals surface area contributed by atoms with E-state index in [9.17, 15) is 0 Å². The summed E-state index contributed by atoms with van der Waals surface area (Å²) < 4.78 is 0. The molecule has 0 unspecified atom stereocenters. The zero-order chi connectivity index (χ0) is 23.1. The molecule has 2 nitrogen and oxygen atoms in total. The van der Waals surface area contributed by atoms with Crippen molar-refractivity contribution in [3.63, 3.8) is 0 Å². The standard InChI is InChI=1S/C32H22N2/c33-29-18-16-24(20-30(29)34)23-15-17-27-28(19-23)32(22-11-5-2-6-12-22)26-14-8-7-13-25(26)31(27)21-9-3-1-4-10-21/h1-20,33-34H. The minimum atomic E-state index is 0.240. The lowest BCUT2D eigenvalue weighted by Gasteiger charge is -2.19. The van der Waals surface area contributed by atoms with Crippen molar-refractivity contribution in [3.8, 4) is 22.3 Å². The highest BCUT2D eigenvalue weighted by Crippen LogP contribution is 2.44.